The number of thioether (sulfide) groups is 1. The molecule has 2 aromatic rings. The summed E-state index contributed by atoms with van der Waals surface area (Å²) in [4.78, 5) is 29.9. The van der Waals surface area contributed by atoms with Crippen molar-refractivity contribution >= 4 is 38.4 Å². The van der Waals surface area contributed by atoms with Crippen molar-refractivity contribution in [2.45, 2.75) is 44.4 Å². The van der Waals surface area contributed by atoms with Crippen LogP contribution in [0, 0.1) is 5.92 Å². The average molecular weight is 424 g/mol. The number of para-hydroxylation sites is 1. The van der Waals surface area contributed by atoms with Gasteiger partial charge in [0.1, 0.15) is 0 Å². The molecule has 1 aromatic heterocycles. The Morgan fingerprint density at radius 3 is 2.71 bits per heavy atom. The van der Waals surface area contributed by atoms with E-state index in [1.807, 2.05) is 26.0 Å². The fourth-order valence-corrected chi connectivity index (χ4v) is 6.30. The minimum atomic E-state index is -3.10. The number of nitrogens with zero attached hydrogens (tertiary/aromatic N) is 2. The highest BCUT2D eigenvalue weighted by Crippen LogP contribution is 2.24. The topological polar surface area (TPSA) is 98.1 Å². The molecule has 1 aliphatic rings. The van der Waals surface area contributed by atoms with Gasteiger partial charge in [0.2, 0.25) is 5.91 Å². The Morgan fingerprint density at radius 2 is 2.07 bits per heavy atom. The number of sulfone groups is 1. The van der Waals surface area contributed by atoms with Crippen molar-refractivity contribution in [3.8, 4) is 0 Å². The lowest BCUT2D eigenvalue weighted by molar-refractivity contribution is -0.120. The maximum absolute atomic E-state index is 12.9. The van der Waals surface area contributed by atoms with Crippen LogP contribution in [0.3, 0.4) is 0 Å². The van der Waals surface area contributed by atoms with Gasteiger partial charge < -0.3 is 5.32 Å². The molecular weight excluding hydrogens is 398 g/mol. The highest BCUT2D eigenvalue weighted by Gasteiger charge is 2.39. The molecule has 0 unspecified atom stereocenters. The van der Waals surface area contributed by atoms with Gasteiger partial charge in [-0.3, -0.25) is 14.2 Å². The summed E-state index contributed by atoms with van der Waals surface area (Å²) in [5.74, 6) is 0.109. The standard InChI is InChI=1S/C19H25N3O4S2/c1-13(2)10-22-17(24)14-6-4-5-7-15(14)20-18(22)27-11-16(23)21-19(3)8-9-28(25,26)12-19/h4-7,13H,8-12H2,1-3H3,(H,21,23)/t19-/m0/s1. The summed E-state index contributed by atoms with van der Waals surface area (Å²) in [5, 5.41) is 3.89. The first kappa shape index (κ1) is 20.9. The lowest BCUT2D eigenvalue weighted by atomic mass is 10.0. The molecule has 0 spiro atoms. The quantitative estimate of drug-likeness (QED) is 0.562. The van der Waals surface area contributed by atoms with Gasteiger partial charge in [-0.15, -0.1) is 0 Å². The molecular formula is C19H25N3O4S2. The molecule has 0 aliphatic carbocycles. The van der Waals surface area contributed by atoms with Crippen molar-refractivity contribution in [3.63, 3.8) is 0 Å². The molecule has 9 heteroatoms. The average Bonchev–Trinajstić information content (AvgIpc) is 2.88. The fourth-order valence-electron chi connectivity index (χ4n) is 3.40. The minimum absolute atomic E-state index is 0.0390. The number of carbonyl (C=O) groups is 1. The number of carbonyl (C=O) groups excluding carboxylic acids is 1. The Labute approximate surface area is 168 Å². The van der Waals surface area contributed by atoms with Crippen LogP contribution in [-0.4, -0.2) is 46.7 Å². The SMILES string of the molecule is CC(C)Cn1c(SCC(=O)N[C@@]2(C)CCS(=O)(=O)C2)nc2ccccc2c1=O. The van der Waals surface area contributed by atoms with Gasteiger partial charge in [0.25, 0.3) is 5.56 Å². The molecule has 1 fully saturated rings. The lowest BCUT2D eigenvalue weighted by Gasteiger charge is -2.23. The molecule has 2 heterocycles. The van der Waals surface area contributed by atoms with Gasteiger partial charge >= 0.3 is 0 Å². The highest BCUT2D eigenvalue weighted by molar-refractivity contribution is 7.99. The zero-order valence-electron chi connectivity index (χ0n) is 16.3. The van der Waals surface area contributed by atoms with E-state index in [9.17, 15) is 18.0 Å². The van der Waals surface area contributed by atoms with Gasteiger partial charge in [-0.1, -0.05) is 37.7 Å². The smallest absolute Gasteiger partial charge is 0.262 e. The first-order valence-electron chi connectivity index (χ1n) is 9.22. The molecule has 7 nitrogen and oxygen atoms in total. The van der Waals surface area contributed by atoms with Gasteiger partial charge in [0.15, 0.2) is 15.0 Å². The van der Waals surface area contributed by atoms with Gasteiger partial charge in [0.05, 0.1) is 33.7 Å². The summed E-state index contributed by atoms with van der Waals surface area (Å²) in [6.45, 7) is 6.30. The number of rotatable bonds is 6. The highest BCUT2D eigenvalue weighted by atomic mass is 32.2. The monoisotopic (exact) mass is 423 g/mol. The maximum atomic E-state index is 12.9. The molecule has 1 saturated heterocycles. The third kappa shape index (κ3) is 4.75. The number of aromatic nitrogens is 2. The lowest BCUT2D eigenvalue weighted by Crippen LogP contribution is -2.47. The normalized spacial score (nSPS) is 21.3. The predicted octanol–water partition coefficient (Wildman–Crippen LogP) is 1.84. The summed E-state index contributed by atoms with van der Waals surface area (Å²) in [6.07, 6.45) is 0.415. The van der Waals surface area contributed by atoms with E-state index in [4.69, 9.17) is 0 Å². The van der Waals surface area contributed by atoms with Crippen LogP contribution in [0.2, 0.25) is 0 Å². The Kier molecular flexibility index (Phi) is 5.86. The van der Waals surface area contributed by atoms with Gasteiger partial charge in [-0.05, 0) is 31.4 Å². The van der Waals surface area contributed by atoms with Crippen LogP contribution in [0.4, 0.5) is 0 Å². The van der Waals surface area contributed by atoms with E-state index in [2.05, 4.69) is 10.3 Å². The summed E-state index contributed by atoms with van der Waals surface area (Å²) < 4.78 is 25.0. The van der Waals surface area contributed by atoms with Crippen LogP contribution < -0.4 is 10.9 Å². The third-order valence-corrected chi connectivity index (χ3v) is 7.53. The Balaban J connectivity index is 1.80. The van der Waals surface area contributed by atoms with Gasteiger partial charge in [-0.2, -0.15) is 0 Å². The van der Waals surface area contributed by atoms with Crippen molar-refractivity contribution in [1.29, 1.82) is 0 Å². The van der Waals surface area contributed by atoms with Crippen molar-refractivity contribution in [2.24, 2.45) is 5.92 Å². The molecule has 152 valence electrons. The van der Waals surface area contributed by atoms with E-state index in [0.29, 0.717) is 29.0 Å². The largest absolute Gasteiger partial charge is 0.349 e. The van der Waals surface area contributed by atoms with Crippen molar-refractivity contribution in [3.05, 3.63) is 34.6 Å². The second-order valence-electron chi connectivity index (χ2n) is 7.96. The van der Waals surface area contributed by atoms with E-state index in [1.165, 1.54) is 11.8 Å². The summed E-state index contributed by atoms with van der Waals surface area (Å²) >= 11 is 1.20. The maximum Gasteiger partial charge on any atom is 0.262 e. The number of hydrogen-bond acceptors (Lipinski definition) is 6. The van der Waals surface area contributed by atoms with Gasteiger partial charge in [0, 0.05) is 6.54 Å². The predicted molar refractivity (Wildman–Crippen MR) is 111 cm³/mol. The second kappa shape index (κ2) is 7.87. The van der Waals surface area contributed by atoms with Crippen molar-refractivity contribution in [2.75, 3.05) is 17.3 Å². The first-order chi connectivity index (χ1) is 13.1. The summed E-state index contributed by atoms with van der Waals surface area (Å²) in [5.41, 5.74) is -0.245. The number of amides is 1. The molecule has 1 atom stereocenters. The van der Waals surface area contributed by atoms with E-state index in [1.54, 1.807) is 23.6 Å². The first-order valence-corrected chi connectivity index (χ1v) is 12.0. The Bertz CT molecular complexity index is 1060. The molecule has 0 saturated carbocycles. The van der Waals surface area contributed by atoms with E-state index in [-0.39, 0.29) is 34.6 Å². The zero-order chi connectivity index (χ0) is 20.5. The molecule has 1 N–H and O–H groups in total. The number of nitrogens with one attached hydrogen (secondary N) is 1. The van der Waals surface area contributed by atoms with E-state index >= 15 is 0 Å². The summed E-state index contributed by atoms with van der Waals surface area (Å²) in [6, 6.07) is 7.17. The fraction of sp³-hybridized carbons (Fsp3) is 0.526. The van der Waals surface area contributed by atoms with Crippen LogP contribution in [0.25, 0.3) is 10.9 Å². The molecule has 1 amide bonds. The molecule has 3 rings (SSSR count). The van der Waals surface area contributed by atoms with Crippen LogP contribution in [-0.2, 0) is 21.2 Å². The molecule has 1 aliphatic heterocycles. The number of hydrogen-bond donors (Lipinski definition) is 1. The van der Waals surface area contributed by atoms with E-state index < -0.39 is 15.4 Å². The van der Waals surface area contributed by atoms with Crippen LogP contribution in [0.15, 0.2) is 34.2 Å². The van der Waals surface area contributed by atoms with Crippen LogP contribution >= 0.6 is 11.8 Å². The Hall–Kier alpha value is -1.87. The molecule has 1 aromatic carbocycles. The molecule has 0 radical (unpaired) electrons. The van der Waals surface area contributed by atoms with Crippen molar-refractivity contribution in [1.82, 2.24) is 14.9 Å². The number of benzene rings is 1. The van der Waals surface area contributed by atoms with Crippen LogP contribution in [0.1, 0.15) is 27.2 Å². The number of fused-ring (bicyclic) bond motifs is 1. The minimum Gasteiger partial charge on any atom is -0.349 e. The van der Waals surface area contributed by atoms with Crippen LogP contribution in [0.5, 0.6) is 0 Å². The Morgan fingerprint density at radius 1 is 1.36 bits per heavy atom. The van der Waals surface area contributed by atoms with E-state index in [0.717, 1.165) is 0 Å². The molecule has 28 heavy (non-hydrogen) atoms. The molecule has 0 bridgehead atoms. The second-order valence-corrected chi connectivity index (χ2v) is 11.1. The summed E-state index contributed by atoms with van der Waals surface area (Å²) in [7, 11) is -3.10. The zero-order valence-corrected chi connectivity index (χ0v) is 17.9. The third-order valence-electron chi connectivity index (χ3n) is 4.65. The van der Waals surface area contributed by atoms with Gasteiger partial charge in [-0.25, -0.2) is 13.4 Å². The van der Waals surface area contributed by atoms with Crippen molar-refractivity contribution < 1.29 is 13.2 Å².